The number of aliphatic imine (C=N–C) groups is 1. The van der Waals surface area contributed by atoms with Gasteiger partial charge < -0.3 is 15.4 Å². The van der Waals surface area contributed by atoms with E-state index in [0.29, 0.717) is 13.1 Å². The highest BCUT2D eigenvalue weighted by Crippen LogP contribution is 2.02. The van der Waals surface area contributed by atoms with E-state index in [1.807, 2.05) is 13.8 Å². The van der Waals surface area contributed by atoms with E-state index in [0.717, 1.165) is 51.8 Å². The maximum Gasteiger partial charge on any atom is 0.191 e. The minimum absolute atomic E-state index is 0. The predicted octanol–water partition coefficient (Wildman–Crippen LogP) is 0.317. The molecule has 0 amide bonds. The maximum atomic E-state index is 11.4. The number of hydrogen-bond acceptors (Lipinski definition) is 5. The standard InChI is InChI=1S/C14H30N4O3S.HI/c1-3-15-14(16-6-5-11-21-4-2)17-7-8-18-9-12-22(19,20)13-10-18;/h3-13H2,1-2H3,(H2,15,16,17);1H. The first-order chi connectivity index (χ1) is 10.6. The van der Waals surface area contributed by atoms with Gasteiger partial charge >= 0.3 is 0 Å². The molecule has 0 aliphatic carbocycles. The summed E-state index contributed by atoms with van der Waals surface area (Å²) in [6.07, 6.45) is 0.911. The topological polar surface area (TPSA) is 83.0 Å². The monoisotopic (exact) mass is 462 g/mol. The van der Waals surface area contributed by atoms with E-state index in [2.05, 4.69) is 20.5 Å². The Labute approximate surface area is 157 Å². The molecule has 0 radical (unpaired) electrons. The summed E-state index contributed by atoms with van der Waals surface area (Å²) in [5, 5.41) is 6.49. The van der Waals surface area contributed by atoms with Gasteiger partial charge in [-0.25, -0.2) is 8.42 Å². The van der Waals surface area contributed by atoms with Gasteiger partial charge in [0.05, 0.1) is 11.5 Å². The van der Waals surface area contributed by atoms with E-state index in [9.17, 15) is 8.42 Å². The lowest BCUT2D eigenvalue weighted by atomic mass is 10.4. The Kier molecular flexibility index (Phi) is 13.1. The number of nitrogens with one attached hydrogen (secondary N) is 2. The first kappa shape index (κ1) is 22.9. The second kappa shape index (κ2) is 13.2. The SMILES string of the molecule is CCNC(=NCCCOCC)NCCN1CCS(=O)(=O)CC1.I. The highest BCUT2D eigenvalue weighted by Gasteiger charge is 2.20. The average molecular weight is 462 g/mol. The van der Waals surface area contributed by atoms with Crippen molar-refractivity contribution in [2.75, 3.05) is 64.0 Å². The minimum Gasteiger partial charge on any atom is -0.382 e. The second-order valence-corrected chi connectivity index (χ2v) is 7.54. The molecule has 1 heterocycles. The number of halogens is 1. The Hall–Kier alpha value is -0.130. The molecule has 0 saturated carbocycles. The fraction of sp³-hybridized carbons (Fsp3) is 0.929. The van der Waals surface area contributed by atoms with Crippen molar-refractivity contribution in [2.24, 2.45) is 4.99 Å². The molecular weight excluding hydrogens is 431 g/mol. The van der Waals surface area contributed by atoms with Gasteiger partial charge in [0.25, 0.3) is 0 Å². The number of hydrogen-bond donors (Lipinski definition) is 2. The average Bonchev–Trinajstić information content (AvgIpc) is 2.48. The molecule has 7 nitrogen and oxygen atoms in total. The van der Waals surface area contributed by atoms with Crippen molar-refractivity contribution in [3.8, 4) is 0 Å². The minimum atomic E-state index is -2.80. The van der Waals surface area contributed by atoms with Gasteiger partial charge in [-0.1, -0.05) is 0 Å². The van der Waals surface area contributed by atoms with Crippen LogP contribution in [0.3, 0.4) is 0 Å². The summed E-state index contributed by atoms with van der Waals surface area (Å²) in [7, 11) is -2.80. The van der Waals surface area contributed by atoms with Gasteiger partial charge in [0.15, 0.2) is 15.8 Å². The smallest absolute Gasteiger partial charge is 0.191 e. The maximum absolute atomic E-state index is 11.4. The molecular formula is C14H31IN4O3S. The number of ether oxygens (including phenoxy) is 1. The van der Waals surface area contributed by atoms with Crippen molar-refractivity contribution in [1.29, 1.82) is 0 Å². The van der Waals surface area contributed by atoms with Crippen molar-refractivity contribution >= 4 is 39.8 Å². The molecule has 1 rings (SSSR count). The quantitative estimate of drug-likeness (QED) is 0.222. The fourth-order valence-corrected chi connectivity index (χ4v) is 3.43. The zero-order valence-electron chi connectivity index (χ0n) is 14.2. The summed E-state index contributed by atoms with van der Waals surface area (Å²) in [4.78, 5) is 6.66. The van der Waals surface area contributed by atoms with E-state index in [-0.39, 0.29) is 35.5 Å². The van der Waals surface area contributed by atoms with Crippen LogP contribution < -0.4 is 10.6 Å². The molecule has 0 bridgehead atoms. The van der Waals surface area contributed by atoms with Gasteiger partial charge in [-0.05, 0) is 20.3 Å². The molecule has 9 heteroatoms. The third kappa shape index (κ3) is 11.1. The van der Waals surface area contributed by atoms with Gasteiger partial charge in [-0.3, -0.25) is 9.89 Å². The van der Waals surface area contributed by atoms with Gasteiger partial charge in [-0.15, -0.1) is 24.0 Å². The van der Waals surface area contributed by atoms with Crippen LogP contribution in [0.15, 0.2) is 4.99 Å². The molecule has 138 valence electrons. The highest BCUT2D eigenvalue weighted by molar-refractivity contribution is 14.0. The Balaban J connectivity index is 0.00000484. The molecule has 1 aliphatic rings. The van der Waals surface area contributed by atoms with Crippen LogP contribution in [-0.4, -0.2) is 83.3 Å². The summed E-state index contributed by atoms with van der Waals surface area (Å²) in [5.74, 6) is 1.36. The van der Waals surface area contributed by atoms with Gasteiger partial charge in [0, 0.05) is 52.5 Å². The van der Waals surface area contributed by atoms with Crippen LogP contribution in [0.4, 0.5) is 0 Å². The molecule has 23 heavy (non-hydrogen) atoms. The van der Waals surface area contributed by atoms with E-state index < -0.39 is 9.84 Å². The van der Waals surface area contributed by atoms with Crippen LogP contribution in [0.25, 0.3) is 0 Å². The first-order valence-corrected chi connectivity index (χ1v) is 9.92. The Morgan fingerprint density at radius 3 is 2.52 bits per heavy atom. The van der Waals surface area contributed by atoms with Gasteiger partial charge in [0.2, 0.25) is 0 Å². The molecule has 0 aromatic rings. The Morgan fingerprint density at radius 2 is 1.91 bits per heavy atom. The van der Waals surface area contributed by atoms with Crippen LogP contribution in [0.5, 0.6) is 0 Å². The number of sulfone groups is 1. The molecule has 0 aromatic heterocycles. The molecule has 1 fully saturated rings. The lowest BCUT2D eigenvalue weighted by molar-refractivity contribution is 0.146. The highest BCUT2D eigenvalue weighted by atomic mass is 127. The lowest BCUT2D eigenvalue weighted by Gasteiger charge is -2.26. The zero-order chi connectivity index (χ0) is 16.3. The number of nitrogens with zero attached hydrogens (tertiary/aromatic N) is 2. The molecule has 2 N–H and O–H groups in total. The van der Waals surface area contributed by atoms with Crippen molar-refractivity contribution in [2.45, 2.75) is 20.3 Å². The third-order valence-corrected chi connectivity index (χ3v) is 5.03. The predicted molar refractivity (Wildman–Crippen MR) is 106 cm³/mol. The normalized spacial score (nSPS) is 18.3. The van der Waals surface area contributed by atoms with Crippen molar-refractivity contribution in [3.05, 3.63) is 0 Å². The van der Waals surface area contributed by atoms with Crippen molar-refractivity contribution < 1.29 is 13.2 Å². The molecule has 0 spiro atoms. The third-order valence-electron chi connectivity index (χ3n) is 3.42. The lowest BCUT2D eigenvalue weighted by Crippen LogP contribution is -2.46. The molecule has 0 unspecified atom stereocenters. The largest absolute Gasteiger partial charge is 0.382 e. The van der Waals surface area contributed by atoms with Crippen LogP contribution in [-0.2, 0) is 14.6 Å². The molecule has 0 atom stereocenters. The van der Waals surface area contributed by atoms with E-state index >= 15 is 0 Å². The van der Waals surface area contributed by atoms with E-state index in [1.54, 1.807) is 0 Å². The molecule has 0 aromatic carbocycles. The van der Waals surface area contributed by atoms with E-state index in [1.165, 1.54) is 0 Å². The molecule has 1 saturated heterocycles. The van der Waals surface area contributed by atoms with E-state index in [4.69, 9.17) is 4.74 Å². The number of guanidine groups is 1. The van der Waals surface area contributed by atoms with Gasteiger partial charge in [0.1, 0.15) is 0 Å². The summed E-state index contributed by atoms with van der Waals surface area (Å²) in [6.45, 7) is 9.91. The summed E-state index contributed by atoms with van der Waals surface area (Å²) in [5.41, 5.74) is 0. The summed E-state index contributed by atoms with van der Waals surface area (Å²) >= 11 is 0. The summed E-state index contributed by atoms with van der Waals surface area (Å²) in [6, 6.07) is 0. The van der Waals surface area contributed by atoms with Crippen LogP contribution in [0.2, 0.25) is 0 Å². The summed E-state index contributed by atoms with van der Waals surface area (Å²) < 4.78 is 28.0. The Bertz CT molecular complexity index is 418. The Morgan fingerprint density at radius 1 is 1.22 bits per heavy atom. The fourth-order valence-electron chi connectivity index (χ4n) is 2.15. The zero-order valence-corrected chi connectivity index (χ0v) is 17.4. The van der Waals surface area contributed by atoms with Crippen molar-refractivity contribution in [1.82, 2.24) is 15.5 Å². The van der Waals surface area contributed by atoms with Crippen LogP contribution in [0.1, 0.15) is 20.3 Å². The van der Waals surface area contributed by atoms with Crippen molar-refractivity contribution in [3.63, 3.8) is 0 Å². The van der Waals surface area contributed by atoms with Gasteiger partial charge in [-0.2, -0.15) is 0 Å². The number of rotatable bonds is 9. The van der Waals surface area contributed by atoms with Crippen LogP contribution in [0, 0.1) is 0 Å². The first-order valence-electron chi connectivity index (χ1n) is 8.10. The molecule has 1 aliphatic heterocycles. The van der Waals surface area contributed by atoms with Crippen LogP contribution >= 0.6 is 24.0 Å². The second-order valence-electron chi connectivity index (χ2n) is 5.23.